The van der Waals surface area contributed by atoms with Gasteiger partial charge < -0.3 is 5.32 Å². The summed E-state index contributed by atoms with van der Waals surface area (Å²) in [6, 6.07) is 3.88. The van der Waals surface area contributed by atoms with Crippen LogP contribution in [0.25, 0.3) is 10.9 Å². The van der Waals surface area contributed by atoms with Gasteiger partial charge in [-0.25, -0.2) is 0 Å². The number of pyridine rings is 1. The summed E-state index contributed by atoms with van der Waals surface area (Å²) >= 11 is 12.7. The maximum atomic E-state index is 6.40. The second-order valence-corrected chi connectivity index (χ2v) is 5.24. The molecule has 2 rings (SSSR count). The van der Waals surface area contributed by atoms with Crippen LogP contribution in [0.5, 0.6) is 0 Å². The SMILES string of the molecule is CCCNc1cc(C)nc2c(Cl)cc(C)c(Cl)c12. The number of rotatable bonds is 3. The maximum Gasteiger partial charge on any atom is 0.0927 e. The Balaban J connectivity index is 2.75. The van der Waals surface area contributed by atoms with Crippen molar-refractivity contribution in [2.24, 2.45) is 0 Å². The molecule has 18 heavy (non-hydrogen) atoms. The van der Waals surface area contributed by atoms with Gasteiger partial charge in [-0.1, -0.05) is 30.1 Å². The Labute approximate surface area is 117 Å². The number of fused-ring (bicyclic) bond motifs is 1. The van der Waals surface area contributed by atoms with Gasteiger partial charge in [-0.2, -0.15) is 0 Å². The first kappa shape index (κ1) is 13.4. The Bertz CT molecular complexity index is 594. The second-order valence-electron chi connectivity index (χ2n) is 4.45. The van der Waals surface area contributed by atoms with E-state index in [2.05, 4.69) is 17.2 Å². The molecule has 1 aromatic carbocycles. The summed E-state index contributed by atoms with van der Waals surface area (Å²) in [6.45, 7) is 6.95. The minimum absolute atomic E-state index is 0.648. The fraction of sp³-hybridized carbons (Fsp3) is 0.357. The molecule has 1 aromatic heterocycles. The van der Waals surface area contributed by atoms with Gasteiger partial charge in [0.25, 0.3) is 0 Å². The van der Waals surface area contributed by atoms with E-state index in [1.165, 1.54) is 0 Å². The van der Waals surface area contributed by atoms with Crippen LogP contribution < -0.4 is 5.32 Å². The Morgan fingerprint density at radius 3 is 2.61 bits per heavy atom. The molecule has 1 heterocycles. The molecule has 0 amide bonds. The van der Waals surface area contributed by atoms with E-state index < -0.39 is 0 Å². The van der Waals surface area contributed by atoms with Crippen molar-refractivity contribution in [2.45, 2.75) is 27.2 Å². The molecule has 0 fully saturated rings. The van der Waals surface area contributed by atoms with Crippen LogP contribution in [-0.4, -0.2) is 11.5 Å². The third-order valence-electron chi connectivity index (χ3n) is 2.85. The lowest BCUT2D eigenvalue weighted by atomic mass is 10.1. The smallest absolute Gasteiger partial charge is 0.0927 e. The molecular weight excluding hydrogens is 267 g/mol. The number of nitrogens with one attached hydrogen (secondary N) is 1. The average molecular weight is 283 g/mol. The predicted octanol–water partition coefficient (Wildman–Crippen LogP) is 4.98. The largest absolute Gasteiger partial charge is 0.384 e. The normalized spacial score (nSPS) is 10.9. The summed E-state index contributed by atoms with van der Waals surface area (Å²) in [5, 5.41) is 5.68. The van der Waals surface area contributed by atoms with E-state index in [-0.39, 0.29) is 0 Å². The molecule has 0 bridgehead atoms. The van der Waals surface area contributed by atoms with Crippen LogP contribution in [0.1, 0.15) is 24.6 Å². The second kappa shape index (κ2) is 5.33. The zero-order chi connectivity index (χ0) is 13.3. The molecule has 0 radical (unpaired) electrons. The number of anilines is 1. The fourth-order valence-corrected chi connectivity index (χ4v) is 2.53. The number of halogens is 2. The molecule has 0 aliphatic heterocycles. The lowest BCUT2D eigenvalue weighted by molar-refractivity contribution is 0.980. The minimum atomic E-state index is 0.648. The van der Waals surface area contributed by atoms with Crippen LogP contribution in [0.15, 0.2) is 12.1 Å². The van der Waals surface area contributed by atoms with Gasteiger partial charge in [-0.05, 0) is 38.0 Å². The van der Waals surface area contributed by atoms with Crippen molar-refractivity contribution in [1.82, 2.24) is 4.98 Å². The first-order chi connectivity index (χ1) is 8.54. The molecule has 2 aromatic rings. The molecule has 0 atom stereocenters. The standard InChI is InChI=1S/C14H16Cl2N2/c1-4-5-17-11-7-9(3)18-14-10(15)6-8(2)13(16)12(11)14/h6-7H,4-5H2,1-3H3,(H,17,18). The van der Waals surface area contributed by atoms with Gasteiger partial charge in [0.2, 0.25) is 0 Å². The van der Waals surface area contributed by atoms with E-state index in [1.54, 1.807) is 0 Å². The molecule has 2 nitrogen and oxygen atoms in total. The monoisotopic (exact) mass is 282 g/mol. The van der Waals surface area contributed by atoms with Gasteiger partial charge in [0.15, 0.2) is 0 Å². The van der Waals surface area contributed by atoms with Crippen molar-refractivity contribution in [1.29, 1.82) is 0 Å². The molecule has 0 aliphatic rings. The molecule has 1 N–H and O–H groups in total. The van der Waals surface area contributed by atoms with E-state index >= 15 is 0 Å². The van der Waals surface area contributed by atoms with Crippen molar-refractivity contribution in [3.05, 3.63) is 33.4 Å². The Morgan fingerprint density at radius 1 is 1.22 bits per heavy atom. The van der Waals surface area contributed by atoms with Crippen LogP contribution in [0.2, 0.25) is 10.0 Å². The van der Waals surface area contributed by atoms with Crippen LogP contribution in [0, 0.1) is 13.8 Å². The fourth-order valence-electron chi connectivity index (χ4n) is 1.99. The zero-order valence-electron chi connectivity index (χ0n) is 10.8. The van der Waals surface area contributed by atoms with Crippen molar-refractivity contribution in [3.63, 3.8) is 0 Å². The molecule has 0 unspecified atom stereocenters. The zero-order valence-corrected chi connectivity index (χ0v) is 12.3. The molecular formula is C14H16Cl2N2. The maximum absolute atomic E-state index is 6.40. The Hall–Kier alpha value is -0.990. The molecule has 0 saturated carbocycles. The summed E-state index contributed by atoms with van der Waals surface area (Å²) in [6.07, 6.45) is 1.06. The van der Waals surface area contributed by atoms with Crippen LogP contribution in [-0.2, 0) is 0 Å². The molecule has 96 valence electrons. The van der Waals surface area contributed by atoms with E-state index in [4.69, 9.17) is 23.2 Å². The molecule has 4 heteroatoms. The van der Waals surface area contributed by atoms with Crippen LogP contribution in [0.4, 0.5) is 5.69 Å². The summed E-state index contributed by atoms with van der Waals surface area (Å²) in [5.74, 6) is 0. The minimum Gasteiger partial charge on any atom is -0.384 e. The highest BCUT2D eigenvalue weighted by molar-refractivity contribution is 6.41. The third-order valence-corrected chi connectivity index (χ3v) is 3.62. The Morgan fingerprint density at radius 2 is 1.94 bits per heavy atom. The van der Waals surface area contributed by atoms with Gasteiger partial charge in [0, 0.05) is 23.3 Å². The van der Waals surface area contributed by atoms with Crippen molar-refractivity contribution < 1.29 is 0 Å². The van der Waals surface area contributed by atoms with E-state index in [0.717, 1.165) is 45.8 Å². The predicted molar refractivity (Wildman–Crippen MR) is 80.0 cm³/mol. The first-order valence-electron chi connectivity index (χ1n) is 6.04. The average Bonchev–Trinajstić information content (AvgIpc) is 2.33. The topological polar surface area (TPSA) is 24.9 Å². The number of benzene rings is 1. The van der Waals surface area contributed by atoms with Gasteiger partial charge >= 0.3 is 0 Å². The quantitative estimate of drug-likeness (QED) is 0.859. The summed E-state index contributed by atoms with van der Waals surface area (Å²) < 4.78 is 0. The van der Waals surface area contributed by atoms with E-state index in [0.29, 0.717) is 5.02 Å². The van der Waals surface area contributed by atoms with Crippen molar-refractivity contribution in [3.8, 4) is 0 Å². The molecule has 0 aliphatic carbocycles. The summed E-state index contributed by atoms with van der Waals surface area (Å²) in [4.78, 5) is 4.49. The molecule has 0 saturated heterocycles. The van der Waals surface area contributed by atoms with Crippen LogP contribution in [0.3, 0.4) is 0 Å². The lowest BCUT2D eigenvalue weighted by Gasteiger charge is -2.13. The number of aryl methyl sites for hydroxylation is 2. The highest BCUT2D eigenvalue weighted by Gasteiger charge is 2.13. The number of hydrogen-bond donors (Lipinski definition) is 1. The highest BCUT2D eigenvalue weighted by Crippen LogP contribution is 2.36. The summed E-state index contributed by atoms with van der Waals surface area (Å²) in [7, 11) is 0. The van der Waals surface area contributed by atoms with Crippen LogP contribution >= 0.6 is 23.2 Å². The van der Waals surface area contributed by atoms with E-state index in [1.807, 2.05) is 26.0 Å². The van der Waals surface area contributed by atoms with Gasteiger partial charge in [-0.3, -0.25) is 4.98 Å². The number of aromatic nitrogens is 1. The van der Waals surface area contributed by atoms with Gasteiger partial charge in [0.05, 0.1) is 15.6 Å². The van der Waals surface area contributed by atoms with Gasteiger partial charge in [-0.15, -0.1) is 0 Å². The third kappa shape index (κ3) is 2.40. The lowest BCUT2D eigenvalue weighted by Crippen LogP contribution is -2.02. The first-order valence-corrected chi connectivity index (χ1v) is 6.80. The number of nitrogens with zero attached hydrogens (tertiary/aromatic N) is 1. The molecule has 0 spiro atoms. The van der Waals surface area contributed by atoms with E-state index in [9.17, 15) is 0 Å². The number of hydrogen-bond acceptors (Lipinski definition) is 2. The summed E-state index contributed by atoms with van der Waals surface area (Å²) in [5.41, 5.74) is 3.68. The van der Waals surface area contributed by atoms with Gasteiger partial charge in [0.1, 0.15) is 0 Å². The highest BCUT2D eigenvalue weighted by atomic mass is 35.5. The van der Waals surface area contributed by atoms with Crippen molar-refractivity contribution in [2.75, 3.05) is 11.9 Å². The van der Waals surface area contributed by atoms with Crippen molar-refractivity contribution >= 4 is 39.8 Å². The Kier molecular flexibility index (Phi) is 3.98.